The molecule has 0 aromatic heterocycles. The van der Waals surface area contributed by atoms with Crippen LogP contribution in [0.1, 0.15) is 58.8 Å². The first kappa shape index (κ1) is 19.1. The Labute approximate surface area is 112 Å². The van der Waals surface area contributed by atoms with Gasteiger partial charge in [-0.2, -0.15) is 0 Å². The number of esters is 1. The summed E-state index contributed by atoms with van der Waals surface area (Å²) in [5, 5.41) is 0. The van der Waals surface area contributed by atoms with E-state index in [1.165, 1.54) is 32.1 Å². The van der Waals surface area contributed by atoms with Crippen molar-refractivity contribution in [1.82, 2.24) is 0 Å². The smallest absolute Gasteiger partial charge is 0.330 e. The van der Waals surface area contributed by atoms with Gasteiger partial charge in [0, 0.05) is 6.08 Å². The van der Waals surface area contributed by atoms with Crippen LogP contribution in [0.15, 0.2) is 24.9 Å². The van der Waals surface area contributed by atoms with Crippen molar-refractivity contribution in [3.63, 3.8) is 0 Å². The summed E-state index contributed by atoms with van der Waals surface area (Å²) < 4.78 is 4.58. The minimum Gasteiger partial charge on any atom is -0.463 e. The van der Waals surface area contributed by atoms with Gasteiger partial charge in [-0.15, -0.1) is 0 Å². The van der Waals surface area contributed by atoms with Crippen LogP contribution in [0.4, 0.5) is 0 Å². The fourth-order valence-corrected chi connectivity index (χ4v) is 1.22. The van der Waals surface area contributed by atoms with Gasteiger partial charge >= 0.3 is 5.97 Å². The lowest BCUT2D eigenvalue weighted by molar-refractivity contribution is -0.137. The maximum atomic E-state index is 10.2. The molecular weight excluding hydrogens is 226 g/mol. The number of rotatable bonds is 9. The predicted octanol–water partition coefficient (Wildman–Crippen LogP) is 3.94. The Balaban J connectivity index is 0. The number of carbonyl (C=O) groups excluding carboxylic acids is 1. The fraction of sp³-hybridized carbons (Fsp3) is 0.667. The molecule has 0 spiro atoms. The molecule has 0 aromatic carbocycles. The summed E-state index contributed by atoms with van der Waals surface area (Å²) in [7, 11) is 0. The quantitative estimate of drug-likeness (QED) is 0.385. The summed E-state index contributed by atoms with van der Waals surface area (Å²) in [6.07, 6.45) is 13.6. The fourth-order valence-electron chi connectivity index (χ4n) is 1.22. The van der Waals surface area contributed by atoms with E-state index in [1.54, 1.807) is 6.20 Å². The first-order valence-electron chi connectivity index (χ1n) is 6.88. The molecule has 18 heavy (non-hydrogen) atoms. The standard InChI is InChI=1S/C9H19N.C6H10O2/c1-2-3-4-5-6-7-8-9-10;1-3-5-8-6(7)4-2/h8-9H,2-7,10H2,1H3;4H,2-3,5H2,1H3. The number of ether oxygens (including phenoxy) is 1. The summed E-state index contributed by atoms with van der Waals surface area (Å²) in [4.78, 5) is 10.2. The van der Waals surface area contributed by atoms with Crippen LogP contribution in [0.25, 0.3) is 0 Å². The highest BCUT2D eigenvalue weighted by molar-refractivity contribution is 5.81. The second kappa shape index (κ2) is 18.1. The van der Waals surface area contributed by atoms with Crippen molar-refractivity contribution < 1.29 is 9.53 Å². The second-order valence-electron chi connectivity index (χ2n) is 4.00. The molecule has 3 heteroatoms. The average molecular weight is 255 g/mol. The highest BCUT2D eigenvalue weighted by atomic mass is 16.5. The lowest BCUT2D eigenvalue weighted by atomic mass is 10.1. The molecule has 106 valence electrons. The molecule has 0 saturated heterocycles. The number of unbranched alkanes of at least 4 members (excludes halogenated alkanes) is 5. The molecule has 0 aromatic rings. The van der Waals surface area contributed by atoms with Gasteiger partial charge in [-0.1, -0.05) is 52.2 Å². The molecule has 0 radical (unpaired) electrons. The summed E-state index contributed by atoms with van der Waals surface area (Å²) in [6.45, 7) is 7.91. The molecule has 0 rings (SSSR count). The van der Waals surface area contributed by atoms with Gasteiger partial charge < -0.3 is 10.5 Å². The monoisotopic (exact) mass is 255 g/mol. The molecule has 0 saturated carbocycles. The number of allylic oxidation sites excluding steroid dienone is 1. The van der Waals surface area contributed by atoms with Crippen LogP contribution in [0.5, 0.6) is 0 Å². The molecule has 0 bridgehead atoms. The molecule has 3 nitrogen and oxygen atoms in total. The van der Waals surface area contributed by atoms with Crippen molar-refractivity contribution >= 4 is 5.97 Å². The summed E-state index contributed by atoms with van der Waals surface area (Å²) in [6, 6.07) is 0. The minimum atomic E-state index is -0.341. The van der Waals surface area contributed by atoms with E-state index in [2.05, 4.69) is 18.2 Å². The average Bonchev–Trinajstić information content (AvgIpc) is 2.40. The lowest BCUT2D eigenvalue weighted by Crippen LogP contribution is -1.99. The molecule has 0 aliphatic heterocycles. The van der Waals surface area contributed by atoms with E-state index < -0.39 is 0 Å². The molecule has 0 fully saturated rings. The van der Waals surface area contributed by atoms with E-state index in [1.807, 2.05) is 13.0 Å². The first-order valence-corrected chi connectivity index (χ1v) is 6.88. The molecule has 0 atom stereocenters. The van der Waals surface area contributed by atoms with Crippen molar-refractivity contribution in [2.24, 2.45) is 5.73 Å². The Hall–Kier alpha value is -1.25. The van der Waals surface area contributed by atoms with Crippen LogP contribution in [0.2, 0.25) is 0 Å². The van der Waals surface area contributed by atoms with E-state index >= 15 is 0 Å². The molecule has 0 amide bonds. The van der Waals surface area contributed by atoms with Crippen LogP contribution >= 0.6 is 0 Å². The molecule has 0 aliphatic carbocycles. The van der Waals surface area contributed by atoms with Crippen LogP contribution < -0.4 is 5.73 Å². The van der Waals surface area contributed by atoms with Gasteiger partial charge in [-0.3, -0.25) is 0 Å². The van der Waals surface area contributed by atoms with Gasteiger partial charge in [0.2, 0.25) is 0 Å². The number of hydrogen-bond acceptors (Lipinski definition) is 3. The zero-order valence-corrected chi connectivity index (χ0v) is 12.0. The molecule has 0 aliphatic rings. The maximum Gasteiger partial charge on any atom is 0.330 e. The third-order valence-corrected chi connectivity index (χ3v) is 2.23. The SMILES string of the molecule is C=CC(=O)OCCC.CCCCCCCC=CN. The van der Waals surface area contributed by atoms with E-state index in [0.717, 1.165) is 18.9 Å². The molecule has 2 N–H and O–H groups in total. The van der Waals surface area contributed by atoms with Gasteiger partial charge in [-0.05, 0) is 25.5 Å². The van der Waals surface area contributed by atoms with E-state index in [0.29, 0.717) is 6.61 Å². The minimum absolute atomic E-state index is 0.341. The van der Waals surface area contributed by atoms with Crippen molar-refractivity contribution in [3.8, 4) is 0 Å². The maximum absolute atomic E-state index is 10.2. The molecular formula is C15H29NO2. The topological polar surface area (TPSA) is 52.3 Å². The van der Waals surface area contributed by atoms with Crippen molar-refractivity contribution in [2.45, 2.75) is 58.8 Å². The van der Waals surface area contributed by atoms with Gasteiger partial charge in [0.25, 0.3) is 0 Å². The Bertz CT molecular complexity index is 213. The largest absolute Gasteiger partial charge is 0.463 e. The van der Waals surface area contributed by atoms with Crippen molar-refractivity contribution in [2.75, 3.05) is 6.61 Å². The predicted molar refractivity (Wildman–Crippen MR) is 78.2 cm³/mol. The summed E-state index contributed by atoms with van der Waals surface area (Å²) >= 11 is 0. The Morgan fingerprint density at radius 1 is 1.17 bits per heavy atom. The van der Waals surface area contributed by atoms with Gasteiger partial charge in [-0.25, -0.2) is 4.79 Å². The molecule has 0 heterocycles. The molecule has 0 unspecified atom stereocenters. The van der Waals surface area contributed by atoms with Crippen LogP contribution in [-0.4, -0.2) is 12.6 Å². The summed E-state index contributed by atoms with van der Waals surface area (Å²) in [5.74, 6) is -0.341. The zero-order chi connectivity index (χ0) is 14.1. The zero-order valence-electron chi connectivity index (χ0n) is 12.0. The first-order chi connectivity index (χ1) is 8.72. The van der Waals surface area contributed by atoms with Crippen molar-refractivity contribution in [3.05, 3.63) is 24.9 Å². The number of carbonyl (C=O) groups is 1. The van der Waals surface area contributed by atoms with E-state index in [9.17, 15) is 4.79 Å². The Kier molecular flexibility index (Phi) is 19.2. The highest BCUT2D eigenvalue weighted by Gasteiger charge is 1.89. The summed E-state index contributed by atoms with van der Waals surface area (Å²) in [5.41, 5.74) is 5.19. The number of nitrogens with two attached hydrogens (primary N) is 1. The van der Waals surface area contributed by atoms with Gasteiger partial charge in [0.1, 0.15) is 0 Å². The third kappa shape index (κ3) is 20.2. The highest BCUT2D eigenvalue weighted by Crippen LogP contribution is 2.04. The lowest BCUT2D eigenvalue weighted by Gasteiger charge is -1.94. The normalized spacial score (nSPS) is 9.67. The second-order valence-corrected chi connectivity index (χ2v) is 4.00. The Morgan fingerprint density at radius 2 is 1.83 bits per heavy atom. The van der Waals surface area contributed by atoms with Gasteiger partial charge in [0.15, 0.2) is 0 Å². The Morgan fingerprint density at radius 3 is 2.33 bits per heavy atom. The van der Waals surface area contributed by atoms with Crippen LogP contribution in [0, 0.1) is 0 Å². The van der Waals surface area contributed by atoms with Crippen molar-refractivity contribution in [1.29, 1.82) is 0 Å². The van der Waals surface area contributed by atoms with Crippen LogP contribution in [-0.2, 0) is 9.53 Å². The van der Waals surface area contributed by atoms with Gasteiger partial charge in [0.05, 0.1) is 6.61 Å². The number of hydrogen-bond donors (Lipinski definition) is 1. The van der Waals surface area contributed by atoms with E-state index in [-0.39, 0.29) is 5.97 Å². The third-order valence-electron chi connectivity index (χ3n) is 2.23. The van der Waals surface area contributed by atoms with Crippen LogP contribution in [0.3, 0.4) is 0 Å². The van der Waals surface area contributed by atoms with E-state index in [4.69, 9.17) is 5.73 Å².